The minimum atomic E-state index is 0.346. The first-order valence-corrected chi connectivity index (χ1v) is 7.58. The molecule has 0 radical (unpaired) electrons. The van der Waals surface area contributed by atoms with Crippen molar-refractivity contribution in [1.29, 1.82) is 0 Å². The van der Waals surface area contributed by atoms with E-state index in [2.05, 4.69) is 36.2 Å². The van der Waals surface area contributed by atoms with Crippen molar-refractivity contribution in [2.45, 2.75) is 45.3 Å². The summed E-state index contributed by atoms with van der Waals surface area (Å²) in [5.41, 5.74) is 1.29. The van der Waals surface area contributed by atoms with Crippen molar-refractivity contribution >= 4 is 0 Å². The van der Waals surface area contributed by atoms with Gasteiger partial charge in [0.25, 0.3) is 0 Å². The van der Waals surface area contributed by atoms with E-state index in [1.165, 1.54) is 24.9 Å². The molecule has 2 aliphatic rings. The summed E-state index contributed by atoms with van der Waals surface area (Å²) >= 11 is 0. The van der Waals surface area contributed by atoms with Crippen LogP contribution in [-0.4, -0.2) is 36.9 Å². The molecule has 0 aliphatic carbocycles. The molecule has 1 fully saturated rings. The monoisotopic (exact) mass is 276 g/mol. The molecule has 1 N–H and O–H groups in total. The topological polar surface area (TPSA) is 33.7 Å². The van der Waals surface area contributed by atoms with Crippen LogP contribution in [0.15, 0.2) is 18.2 Å². The van der Waals surface area contributed by atoms with Gasteiger partial charge in [-0.1, -0.05) is 6.07 Å². The number of rotatable bonds is 5. The van der Waals surface area contributed by atoms with Crippen LogP contribution in [0.4, 0.5) is 0 Å². The number of benzene rings is 1. The van der Waals surface area contributed by atoms with Crippen molar-refractivity contribution in [3.63, 3.8) is 0 Å². The maximum atomic E-state index is 5.46. The summed E-state index contributed by atoms with van der Waals surface area (Å²) in [4.78, 5) is 2.53. The van der Waals surface area contributed by atoms with Gasteiger partial charge < -0.3 is 14.8 Å². The third-order valence-corrected chi connectivity index (χ3v) is 4.17. The third kappa shape index (κ3) is 3.07. The second kappa shape index (κ2) is 6.02. The largest absolute Gasteiger partial charge is 0.454 e. The van der Waals surface area contributed by atoms with Gasteiger partial charge in [0.05, 0.1) is 0 Å². The van der Waals surface area contributed by atoms with Crippen molar-refractivity contribution in [1.82, 2.24) is 10.2 Å². The zero-order valence-electron chi connectivity index (χ0n) is 12.4. The Bertz CT molecular complexity index is 456. The molecule has 1 aromatic carbocycles. The summed E-state index contributed by atoms with van der Waals surface area (Å²) in [6, 6.07) is 7.46. The van der Waals surface area contributed by atoms with Gasteiger partial charge >= 0.3 is 0 Å². The van der Waals surface area contributed by atoms with E-state index in [4.69, 9.17) is 9.47 Å². The van der Waals surface area contributed by atoms with Gasteiger partial charge in [-0.2, -0.15) is 0 Å². The van der Waals surface area contributed by atoms with Crippen molar-refractivity contribution < 1.29 is 9.47 Å². The molecule has 2 heterocycles. The summed E-state index contributed by atoms with van der Waals surface area (Å²) in [6.45, 7) is 8.13. The van der Waals surface area contributed by atoms with Crippen LogP contribution in [0.5, 0.6) is 11.5 Å². The predicted molar refractivity (Wildman–Crippen MR) is 79.1 cm³/mol. The summed E-state index contributed by atoms with van der Waals surface area (Å²) < 4.78 is 10.8. The van der Waals surface area contributed by atoms with E-state index < -0.39 is 0 Å². The first-order valence-electron chi connectivity index (χ1n) is 7.58. The molecular weight excluding hydrogens is 252 g/mol. The van der Waals surface area contributed by atoms with Gasteiger partial charge in [0.2, 0.25) is 6.79 Å². The number of fused-ring (bicyclic) bond motifs is 1. The fourth-order valence-electron chi connectivity index (χ4n) is 2.93. The Hall–Kier alpha value is -1.26. The Labute approximate surface area is 121 Å². The Morgan fingerprint density at radius 1 is 1.30 bits per heavy atom. The normalized spacial score (nSPS) is 21.1. The quantitative estimate of drug-likeness (QED) is 0.895. The van der Waals surface area contributed by atoms with Gasteiger partial charge in [-0.25, -0.2) is 0 Å². The molecule has 20 heavy (non-hydrogen) atoms. The average molecular weight is 276 g/mol. The van der Waals surface area contributed by atoms with Gasteiger partial charge in [0.1, 0.15) is 0 Å². The number of hydrogen-bond acceptors (Lipinski definition) is 4. The lowest BCUT2D eigenvalue weighted by Crippen LogP contribution is -2.40. The third-order valence-electron chi connectivity index (χ3n) is 4.17. The zero-order valence-corrected chi connectivity index (χ0v) is 12.4. The van der Waals surface area contributed by atoms with Gasteiger partial charge in [-0.3, -0.25) is 4.90 Å². The van der Waals surface area contributed by atoms with Crippen LogP contribution < -0.4 is 14.8 Å². The lowest BCUT2D eigenvalue weighted by Gasteiger charge is -2.29. The fourth-order valence-corrected chi connectivity index (χ4v) is 2.93. The second-order valence-electron chi connectivity index (χ2n) is 6.00. The Kier molecular flexibility index (Phi) is 4.13. The number of nitrogens with one attached hydrogen (secondary N) is 1. The lowest BCUT2D eigenvalue weighted by molar-refractivity contribution is 0.173. The molecule has 0 amide bonds. The maximum absolute atomic E-state index is 5.46. The van der Waals surface area contributed by atoms with E-state index in [1.54, 1.807) is 0 Å². The minimum Gasteiger partial charge on any atom is -0.454 e. The molecule has 0 aromatic heterocycles. The SMILES string of the molecule is CC(C)N(Cc1ccc2c(c1)OCO2)CC1CCCN1. The molecule has 0 saturated carbocycles. The summed E-state index contributed by atoms with van der Waals surface area (Å²) in [6.07, 6.45) is 2.60. The van der Waals surface area contributed by atoms with Gasteiger partial charge in [-0.05, 0) is 50.9 Å². The van der Waals surface area contributed by atoms with E-state index in [0.29, 0.717) is 18.9 Å². The van der Waals surface area contributed by atoms with Crippen molar-refractivity contribution in [3.8, 4) is 11.5 Å². The van der Waals surface area contributed by atoms with Gasteiger partial charge in [-0.15, -0.1) is 0 Å². The lowest BCUT2D eigenvalue weighted by atomic mass is 10.1. The van der Waals surface area contributed by atoms with E-state index in [9.17, 15) is 0 Å². The van der Waals surface area contributed by atoms with Crippen molar-refractivity contribution in [2.24, 2.45) is 0 Å². The van der Waals surface area contributed by atoms with Crippen LogP contribution in [0.1, 0.15) is 32.3 Å². The van der Waals surface area contributed by atoms with Crippen LogP contribution >= 0.6 is 0 Å². The Morgan fingerprint density at radius 2 is 2.15 bits per heavy atom. The molecule has 1 atom stereocenters. The molecule has 3 rings (SSSR count). The highest BCUT2D eigenvalue weighted by Gasteiger charge is 2.21. The van der Waals surface area contributed by atoms with E-state index in [0.717, 1.165) is 24.6 Å². The second-order valence-corrected chi connectivity index (χ2v) is 6.00. The molecule has 0 spiro atoms. The Balaban J connectivity index is 1.66. The highest BCUT2D eigenvalue weighted by atomic mass is 16.7. The first-order chi connectivity index (χ1) is 9.72. The Morgan fingerprint density at radius 3 is 2.90 bits per heavy atom. The summed E-state index contributed by atoms with van der Waals surface area (Å²) in [5.74, 6) is 1.74. The van der Waals surface area contributed by atoms with Crippen molar-refractivity contribution in [2.75, 3.05) is 19.9 Å². The molecule has 4 heteroatoms. The molecule has 1 saturated heterocycles. The fraction of sp³-hybridized carbons (Fsp3) is 0.625. The standard InChI is InChI=1S/C16H24N2O2/c1-12(2)18(10-14-4-3-7-17-14)9-13-5-6-15-16(8-13)20-11-19-15/h5-6,8,12,14,17H,3-4,7,9-11H2,1-2H3. The average Bonchev–Trinajstić information content (AvgIpc) is 3.07. The predicted octanol–water partition coefficient (Wildman–Crippen LogP) is 2.38. The zero-order chi connectivity index (χ0) is 13.9. The van der Waals surface area contributed by atoms with E-state index in [-0.39, 0.29) is 0 Å². The van der Waals surface area contributed by atoms with Gasteiger partial charge in [0.15, 0.2) is 11.5 Å². The minimum absolute atomic E-state index is 0.346. The molecule has 4 nitrogen and oxygen atoms in total. The summed E-state index contributed by atoms with van der Waals surface area (Å²) in [5, 5.41) is 3.58. The van der Waals surface area contributed by atoms with E-state index in [1.807, 2.05) is 6.07 Å². The molecule has 2 aliphatic heterocycles. The molecule has 1 aromatic rings. The van der Waals surface area contributed by atoms with Crippen molar-refractivity contribution in [3.05, 3.63) is 23.8 Å². The summed E-state index contributed by atoms with van der Waals surface area (Å²) in [7, 11) is 0. The maximum Gasteiger partial charge on any atom is 0.231 e. The van der Waals surface area contributed by atoms with Crippen LogP contribution in [0.2, 0.25) is 0 Å². The molecule has 0 bridgehead atoms. The molecule has 1 unspecified atom stereocenters. The highest BCUT2D eigenvalue weighted by molar-refractivity contribution is 5.44. The first kappa shape index (κ1) is 13.7. The number of nitrogens with zero attached hydrogens (tertiary/aromatic N) is 1. The van der Waals surface area contributed by atoms with Crippen LogP contribution in [-0.2, 0) is 6.54 Å². The van der Waals surface area contributed by atoms with Crippen LogP contribution in [0.3, 0.4) is 0 Å². The highest BCUT2D eigenvalue weighted by Crippen LogP contribution is 2.33. The van der Waals surface area contributed by atoms with E-state index >= 15 is 0 Å². The van der Waals surface area contributed by atoms with Gasteiger partial charge in [0, 0.05) is 25.2 Å². The molecule has 110 valence electrons. The number of hydrogen-bond donors (Lipinski definition) is 1. The van der Waals surface area contributed by atoms with Crippen LogP contribution in [0.25, 0.3) is 0 Å². The molecular formula is C16H24N2O2. The smallest absolute Gasteiger partial charge is 0.231 e. The number of ether oxygens (including phenoxy) is 2. The van der Waals surface area contributed by atoms with Crippen LogP contribution in [0, 0.1) is 0 Å².